The second-order valence-corrected chi connectivity index (χ2v) is 10.6. The molecule has 0 amide bonds. The minimum Gasteiger partial charge on any atom is -0.334 e. The number of nitrogens with zero attached hydrogens (tertiary/aromatic N) is 5. The highest BCUT2D eigenvalue weighted by Crippen LogP contribution is 2.34. The molecule has 0 aromatic carbocycles. The zero-order chi connectivity index (χ0) is 27.5. The second kappa shape index (κ2) is 18.4. The van der Waals surface area contributed by atoms with E-state index < -0.39 is 10.8 Å². The Kier molecular flexibility index (Phi) is 15.5. The van der Waals surface area contributed by atoms with Crippen molar-refractivity contribution in [3.05, 3.63) is 96.3 Å². The summed E-state index contributed by atoms with van der Waals surface area (Å²) in [6.45, 7) is 14.8. The van der Waals surface area contributed by atoms with Crippen molar-refractivity contribution in [2.24, 2.45) is 7.05 Å². The Hall–Kier alpha value is -3.86. The van der Waals surface area contributed by atoms with Crippen LogP contribution in [-0.2, 0) is 17.8 Å². The highest BCUT2D eigenvalue weighted by Gasteiger charge is 2.19. The maximum Gasteiger partial charge on any atom is 0.141 e. The first-order valence-electron chi connectivity index (χ1n) is 10.9. The monoisotopic (exact) mass is 545 g/mol. The molecule has 3 aromatic heterocycles. The molecule has 188 valence electrons. The summed E-state index contributed by atoms with van der Waals surface area (Å²) in [6.07, 6.45) is 7.22. The van der Waals surface area contributed by atoms with Gasteiger partial charge in [0, 0.05) is 53.1 Å². The van der Waals surface area contributed by atoms with Crippen LogP contribution in [0.5, 0.6) is 0 Å². The number of aryl methyl sites for hydroxylation is 1. The smallest absolute Gasteiger partial charge is 0.141 e. The van der Waals surface area contributed by atoms with E-state index in [1.165, 1.54) is 23.1 Å². The van der Waals surface area contributed by atoms with Crippen LogP contribution < -0.4 is 0 Å². The molecule has 0 aliphatic carbocycles. The third-order valence-corrected chi connectivity index (χ3v) is 7.80. The fraction of sp³-hybridized carbons (Fsp3) is 0.214. The minimum atomic E-state index is -0.942. The number of hydrogen-bond acceptors (Lipinski definition) is 7. The van der Waals surface area contributed by atoms with E-state index in [0.717, 1.165) is 17.8 Å². The number of thiazole rings is 1. The highest BCUT2D eigenvalue weighted by molar-refractivity contribution is 8.10. The Morgan fingerprint density at radius 2 is 1.84 bits per heavy atom. The van der Waals surface area contributed by atoms with Crippen LogP contribution in [0.25, 0.3) is 22.1 Å². The van der Waals surface area contributed by atoms with E-state index in [0.29, 0.717) is 38.5 Å². The van der Waals surface area contributed by atoms with Crippen LogP contribution in [0.1, 0.15) is 25.3 Å². The maximum absolute atomic E-state index is 12.2. The van der Waals surface area contributed by atoms with Gasteiger partial charge in [-0.25, -0.2) is 15.0 Å². The van der Waals surface area contributed by atoms with Crippen LogP contribution in [0.15, 0.2) is 95.8 Å². The van der Waals surface area contributed by atoms with E-state index in [1.54, 1.807) is 12.4 Å². The lowest BCUT2D eigenvalue weighted by atomic mass is 10.1. The SMILES string of the molecule is C=C=C.C=C=C=C=C=C=C.CCCCS(=O)CSc1nc(-c2nccs2)cc(-c2nccn2C)c1C#N. The van der Waals surface area contributed by atoms with Gasteiger partial charge in [-0.05, 0) is 42.8 Å². The third kappa shape index (κ3) is 10.7. The molecule has 0 aliphatic rings. The van der Waals surface area contributed by atoms with Crippen molar-refractivity contribution in [2.75, 3.05) is 10.8 Å². The number of pyridine rings is 1. The highest BCUT2D eigenvalue weighted by atomic mass is 32.2. The van der Waals surface area contributed by atoms with Crippen molar-refractivity contribution in [1.29, 1.82) is 5.26 Å². The first kappa shape index (κ1) is 31.2. The molecule has 1 unspecified atom stereocenters. The van der Waals surface area contributed by atoms with Crippen molar-refractivity contribution in [2.45, 2.75) is 24.8 Å². The molecule has 0 aliphatic heterocycles. The average Bonchev–Trinajstić information content (AvgIpc) is 3.59. The molecule has 0 saturated heterocycles. The second-order valence-electron chi connectivity index (χ2n) is 6.78. The zero-order valence-corrected chi connectivity index (χ0v) is 23.4. The van der Waals surface area contributed by atoms with E-state index >= 15 is 0 Å². The Balaban J connectivity index is 0.000000584. The predicted octanol–water partition coefficient (Wildman–Crippen LogP) is 6.61. The van der Waals surface area contributed by atoms with E-state index in [4.69, 9.17) is 0 Å². The van der Waals surface area contributed by atoms with Crippen LogP contribution in [0.3, 0.4) is 0 Å². The maximum atomic E-state index is 12.2. The van der Waals surface area contributed by atoms with Gasteiger partial charge in [0.2, 0.25) is 0 Å². The van der Waals surface area contributed by atoms with Gasteiger partial charge in [-0.15, -0.1) is 17.1 Å². The van der Waals surface area contributed by atoms with Gasteiger partial charge >= 0.3 is 0 Å². The van der Waals surface area contributed by atoms with E-state index in [2.05, 4.69) is 88.6 Å². The molecule has 0 fully saturated rings. The molecule has 0 N–H and O–H groups in total. The quantitative estimate of drug-likeness (QED) is 0.234. The van der Waals surface area contributed by atoms with Gasteiger partial charge in [-0.3, -0.25) is 4.21 Å². The normalized spacial score (nSPS) is 9.65. The van der Waals surface area contributed by atoms with Crippen LogP contribution in [-0.4, -0.2) is 34.6 Å². The molecule has 9 heteroatoms. The van der Waals surface area contributed by atoms with Gasteiger partial charge in [0.1, 0.15) is 27.6 Å². The molecule has 6 nitrogen and oxygen atoms in total. The lowest BCUT2D eigenvalue weighted by Crippen LogP contribution is -2.03. The number of thioether (sulfide) groups is 1. The Bertz CT molecular complexity index is 1420. The summed E-state index contributed by atoms with van der Waals surface area (Å²) < 4.78 is 14.1. The third-order valence-electron chi connectivity index (χ3n) is 4.17. The van der Waals surface area contributed by atoms with Crippen molar-refractivity contribution in [1.82, 2.24) is 19.5 Å². The van der Waals surface area contributed by atoms with Crippen LogP contribution in [0, 0.1) is 11.3 Å². The van der Waals surface area contributed by atoms with E-state index in [9.17, 15) is 9.47 Å². The van der Waals surface area contributed by atoms with Crippen molar-refractivity contribution >= 4 is 33.9 Å². The zero-order valence-electron chi connectivity index (χ0n) is 20.9. The molecule has 3 rings (SSSR count). The van der Waals surface area contributed by atoms with Gasteiger partial charge < -0.3 is 4.57 Å². The van der Waals surface area contributed by atoms with Crippen LogP contribution in [0.2, 0.25) is 0 Å². The molecule has 0 radical (unpaired) electrons. The topological polar surface area (TPSA) is 84.5 Å². The van der Waals surface area contributed by atoms with Gasteiger partial charge in [0.05, 0.1) is 10.6 Å². The molecule has 0 saturated carbocycles. The fourth-order valence-corrected chi connectivity index (χ4v) is 5.72. The molecule has 3 heterocycles. The molecule has 0 bridgehead atoms. The van der Waals surface area contributed by atoms with Crippen molar-refractivity contribution in [3.63, 3.8) is 0 Å². The lowest BCUT2D eigenvalue weighted by Gasteiger charge is -2.11. The summed E-state index contributed by atoms with van der Waals surface area (Å²) in [7, 11) is 0.947. The number of unbranched alkanes of at least 4 members (excludes halogenated alkanes) is 1. The number of aromatic nitrogens is 4. The standard InChI is InChI=1S/C18H19N5OS3.C7H4.C3H4/c1-3-4-9-27(24)12-26-17-14(11-19)13(16-20-5-7-23(16)2)10-15(22-17)18-21-6-8-25-18;1-3-5-7-6-4-2;1-3-2/h5-8,10H,3-4,9,12H2,1-2H3;1-2H2;1-2H2. The minimum absolute atomic E-state index is 0.420. The summed E-state index contributed by atoms with van der Waals surface area (Å²) in [6, 6.07) is 4.13. The van der Waals surface area contributed by atoms with E-state index in [1.807, 2.05) is 29.3 Å². The summed E-state index contributed by atoms with van der Waals surface area (Å²) in [5.74, 6) is 1.37. The summed E-state index contributed by atoms with van der Waals surface area (Å²) in [5, 5.41) is 13.5. The number of hydrogen-bond donors (Lipinski definition) is 0. The molecular weight excluding hydrogens is 519 g/mol. The summed E-state index contributed by atoms with van der Waals surface area (Å²) in [4.78, 5) is 13.4. The van der Waals surface area contributed by atoms with Gasteiger partial charge in [0.25, 0.3) is 0 Å². The summed E-state index contributed by atoms with van der Waals surface area (Å²) >= 11 is 2.86. The van der Waals surface area contributed by atoms with Crippen molar-refractivity contribution < 1.29 is 4.21 Å². The first-order valence-corrected chi connectivity index (χ1v) is 14.2. The van der Waals surface area contributed by atoms with E-state index in [-0.39, 0.29) is 0 Å². The molecule has 37 heavy (non-hydrogen) atoms. The Morgan fingerprint density at radius 1 is 1.14 bits per heavy atom. The molecule has 0 spiro atoms. The first-order chi connectivity index (χ1) is 18.0. The average molecular weight is 546 g/mol. The number of rotatable bonds is 8. The Labute approximate surface area is 229 Å². The number of imidazole rings is 1. The van der Waals surface area contributed by atoms with Gasteiger partial charge in [-0.2, -0.15) is 5.26 Å². The Morgan fingerprint density at radius 3 is 2.35 bits per heavy atom. The molecular formula is C28H27N5OS3. The van der Waals surface area contributed by atoms with Gasteiger partial charge in [-0.1, -0.05) is 49.7 Å². The predicted molar refractivity (Wildman–Crippen MR) is 154 cm³/mol. The molecule has 1 atom stereocenters. The fourth-order valence-electron chi connectivity index (χ4n) is 2.60. The number of nitriles is 1. The van der Waals surface area contributed by atoms with Crippen LogP contribution >= 0.6 is 23.1 Å². The molecule has 3 aromatic rings. The van der Waals surface area contributed by atoms with Crippen molar-refractivity contribution in [3.8, 4) is 28.2 Å². The summed E-state index contributed by atoms with van der Waals surface area (Å²) in [5.41, 5.74) is 16.1. The largest absolute Gasteiger partial charge is 0.334 e. The lowest BCUT2D eigenvalue weighted by molar-refractivity contribution is 0.682. The van der Waals surface area contributed by atoms with Gasteiger partial charge in [0.15, 0.2) is 0 Å². The van der Waals surface area contributed by atoms with Crippen LogP contribution in [0.4, 0.5) is 0 Å².